The van der Waals surface area contributed by atoms with Crippen molar-refractivity contribution in [2.45, 2.75) is 38.3 Å². The average molecular weight is 240 g/mol. The zero-order chi connectivity index (χ0) is 12.7. The molecule has 4 heteroatoms. The SMILES string of the molecule is CC(N)C(c1ccco1)N(C)CCCCCO. The second-order valence-corrected chi connectivity index (χ2v) is 4.58. The Morgan fingerprint density at radius 3 is 2.71 bits per heavy atom. The van der Waals surface area contributed by atoms with Gasteiger partial charge in [0.25, 0.3) is 0 Å². The highest BCUT2D eigenvalue weighted by molar-refractivity contribution is 5.07. The van der Waals surface area contributed by atoms with Crippen molar-refractivity contribution in [3.8, 4) is 0 Å². The van der Waals surface area contributed by atoms with Crippen molar-refractivity contribution in [1.82, 2.24) is 4.90 Å². The van der Waals surface area contributed by atoms with Gasteiger partial charge in [0.05, 0.1) is 12.3 Å². The zero-order valence-electron chi connectivity index (χ0n) is 10.8. The number of hydrogen-bond donors (Lipinski definition) is 2. The summed E-state index contributed by atoms with van der Waals surface area (Å²) in [5.41, 5.74) is 6.02. The smallest absolute Gasteiger partial charge is 0.122 e. The molecule has 2 unspecified atom stereocenters. The van der Waals surface area contributed by atoms with Crippen molar-refractivity contribution in [3.63, 3.8) is 0 Å². The van der Waals surface area contributed by atoms with Crippen LogP contribution < -0.4 is 5.73 Å². The third-order valence-corrected chi connectivity index (χ3v) is 2.98. The van der Waals surface area contributed by atoms with Crippen LogP contribution >= 0.6 is 0 Å². The molecule has 0 aliphatic heterocycles. The van der Waals surface area contributed by atoms with E-state index in [1.807, 2.05) is 19.1 Å². The molecule has 0 aliphatic rings. The van der Waals surface area contributed by atoms with Gasteiger partial charge in [-0.2, -0.15) is 0 Å². The number of furan rings is 1. The van der Waals surface area contributed by atoms with Gasteiger partial charge in [0.2, 0.25) is 0 Å². The molecule has 1 aromatic heterocycles. The van der Waals surface area contributed by atoms with Crippen molar-refractivity contribution in [2.24, 2.45) is 5.73 Å². The molecule has 0 spiro atoms. The van der Waals surface area contributed by atoms with E-state index in [4.69, 9.17) is 15.3 Å². The molecule has 98 valence electrons. The number of nitrogens with two attached hydrogens (primary N) is 1. The van der Waals surface area contributed by atoms with Crippen molar-refractivity contribution in [3.05, 3.63) is 24.2 Å². The van der Waals surface area contributed by atoms with Gasteiger partial charge in [0.1, 0.15) is 5.76 Å². The highest BCUT2D eigenvalue weighted by Gasteiger charge is 2.23. The quantitative estimate of drug-likeness (QED) is 0.680. The number of nitrogens with zero attached hydrogens (tertiary/aromatic N) is 1. The van der Waals surface area contributed by atoms with E-state index in [0.717, 1.165) is 31.6 Å². The fourth-order valence-corrected chi connectivity index (χ4v) is 2.13. The predicted octanol–water partition coefficient (Wildman–Crippen LogP) is 1.76. The number of aliphatic hydroxyl groups excluding tert-OH is 1. The lowest BCUT2D eigenvalue weighted by Crippen LogP contribution is -2.37. The summed E-state index contributed by atoms with van der Waals surface area (Å²) in [7, 11) is 2.06. The molecule has 0 saturated carbocycles. The Morgan fingerprint density at radius 1 is 1.41 bits per heavy atom. The van der Waals surface area contributed by atoms with Crippen LogP contribution in [-0.2, 0) is 0 Å². The van der Waals surface area contributed by atoms with Gasteiger partial charge in [-0.1, -0.05) is 0 Å². The second kappa shape index (κ2) is 7.48. The summed E-state index contributed by atoms with van der Waals surface area (Å²) in [4.78, 5) is 2.22. The first-order chi connectivity index (χ1) is 8.16. The predicted molar refractivity (Wildman–Crippen MR) is 68.7 cm³/mol. The average Bonchev–Trinajstić information content (AvgIpc) is 2.77. The zero-order valence-corrected chi connectivity index (χ0v) is 10.8. The van der Waals surface area contributed by atoms with Gasteiger partial charge in [-0.25, -0.2) is 0 Å². The molecule has 1 aromatic rings. The summed E-state index contributed by atoms with van der Waals surface area (Å²) in [5, 5.41) is 8.73. The summed E-state index contributed by atoms with van der Waals surface area (Å²) in [5.74, 6) is 0.921. The molecule has 0 fully saturated rings. The maximum atomic E-state index is 8.73. The largest absolute Gasteiger partial charge is 0.468 e. The molecule has 0 bridgehead atoms. The molecule has 1 heterocycles. The van der Waals surface area contributed by atoms with Crippen LogP contribution in [0.15, 0.2) is 22.8 Å². The van der Waals surface area contributed by atoms with Crippen molar-refractivity contribution < 1.29 is 9.52 Å². The number of likely N-dealkylation sites (N-methyl/N-ethyl adjacent to an activating group) is 1. The summed E-state index contributed by atoms with van der Waals surface area (Å²) in [6, 6.07) is 4.02. The highest BCUT2D eigenvalue weighted by atomic mass is 16.3. The Morgan fingerprint density at radius 2 is 2.18 bits per heavy atom. The van der Waals surface area contributed by atoms with Crippen LogP contribution in [0.5, 0.6) is 0 Å². The second-order valence-electron chi connectivity index (χ2n) is 4.58. The molecule has 4 nitrogen and oxygen atoms in total. The monoisotopic (exact) mass is 240 g/mol. The summed E-state index contributed by atoms with van der Waals surface area (Å²) < 4.78 is 5.44. The number of hydrogen-bond acceptors (Lipinski definition) is 4. The van der Waals surface area contributed by atoms with Crippen LogP contribution in [0, 0.1) is 0 Å². The molecule has 3 N–H and O–H groups in total. The third-order valence-electron chi connectivity index (χ3n) is 2.98. The molecule has 0 saturated heterocycles. The van der Waals surface area contributed by atoms with Crippen molar-refractivity contribution in [1.29, 1.82) is 0 Å². The van der Waals surface area contributed by atoms with Crippen molar-refractivity contribution in [2.75, 3.05) is 20.2 Å². The standard InChI is InChI=1S/C13H24N2O2/c1-11(14)13(12-7-6-10-17-12)15(2)8-4-3-5-9-16/h6-7,10-11,13,16H,3-5,8-9,14H2,1-2H3. The van der Waals surface area contributed by atoms with E-state index in [1.54, 1.807) is 6.26 Å². The Kier molecular flexibility index (Phi) is 6.26. The normalized spacial score (nSPS) is 15.1. The van der Waals surface area contributed by atoms with Crippen LogP contribution in [0.3, 0.4) is 0 Å². The van der Waals surface area contributed by atoms with Gasteiger partial charge in [-0.3, -0.25) is 4.90 Å². The molecule has 0 amide bonds. The molecular weight excluding hydrogens is 216 g/mol. The van der Waals surface area contributed by atoms with Gasteiger partial charge >= 0.3 is 0 Å². The van der Waals surface area contributed by atoms with E-state index in [1.165, 1.54) is 0 Å². The first kappa shape index (κ1) is 14.2. The molecule has 17 heavy (non-hydrogen) atoms. The minimum absolute atomic E-state index is 0.0315. The summed E-state index contributed by atoms with van der Waals surface area (Å²) in [6.45, 7) is 3.24. The third kappa shape index (κ3) is 4.50. The lowest BCUT2D eigenvalue weighted by molar-refractivity contribution is 0.186. The number of rotatable bonds is 8. The fraction of sp³-hybridized carbons (Fsp3) is 0.692. The Labute approximate surface area is 103 Å². The number of unbranched alkanes of at least 4 members (excludes halogenated alkanes) is 2. The van der Waals surface area contributed by atoms with Gasteiger partial charge in [0.15, 0.2) is 0 Å². The molecule has 0 aliphatic carbocycles. The summed E-state index contributed by atoms with van der Waals surface area (Å²) >= 11 is 0. The van der Waals surface area contributed by atoms with Crippen LogP contribution in [-0.4, -0.2) is 36.2 Å². The topological polar surface area (TPSA) is 62.6 Å². The maximum Gasteiger partial charge on any atom is 0.122 e. The number of aliphatic hydroxyl groups is 1. The van der Waals surface area contributed by atoms with E-state index in [-0.39, 0.29) is 18.7 Å². The Bertz CT molecular complexity index is 286. The van der Waals surface area contributed by atoms with Crippen LogP contribution in [0.2, 0.25) is 0 Å². The van der Waals surface area contributed by atoms with E-state index in [0.29, 0.717) is 0 Å². The highest BCUT2D eigenvalue weighted by Crippen LogP contribution is 2.22. The first-order valence-electron chi connectivity index (χ1n) is 6.27. The van der Waals surface area contributed by atoms with Crippen LogP contribution in [0.25, 0.3) is 0 Å². The molecular formula is C13H24N2O2. The molecule has 0 radical (unpaired) electrons. The molecule has 1 rings (SSSR count). The van der Waals surface area contributed by atoms with E-state index >= 15 is 0 Å². The first-order valence-corrected chi connectivity index (χ1v) is 6.27. The van der Waals surface area contributed by atoms with Gasteiger partial charge < -0.3 is 15.3 Å². The van der Waals surface area contributed by atoms with Gasteiger partial charge in [-0.15, -0.1) is 0 Å². The van der Waals surface area contributed by atoms with Crippen molar-refractivity contribution >= 4 is 0 Å². The van der Waals surface area contributed by atoms with Crippen LogP contribution in [0.4, 0.5) is 0 Å². The molecule has 0 aromatic carbocycles. The van der Waals surface area contributed by atoms with E-state index in [2.05, 4.69) is 11.9 Å². The Balaban J connectivity index is 2.47. The lowest BCUT2D eigenvalue weighted by atomic mass is 10.1. The van der Waals surface area contributed by atoms with Gasteiger partial charge in [-0.05, 0) is 51.9 Å². The summed E-state index contributed by atoms with van der Waals surface area (Å²) in [6.07, 6.45) is 4.67. The van der Waals surface area contributed by atoms with E-state index in [9.17, 15) is 0 Å². The lowest BCUT2D eigenvalue weighted by Gasteiger charge is -2.29. The minimum Gasteiger partial charge on any atom is -0.468 e. The fourth-order valence-electron chi connectivity index (χ4n) is 2.13. The Hall–Kier alpha value is -0.840. The maximum absolute atomic E-state index is 8.73. The minimum atomic E-state index is 0.0315. The van der Waals surface area contributed by atoms with Crippen LogP contribution in [0.1, 0.15) is 38.0 Å². The van der Waals surface area contributed by atoms with E-state index < -0.39 is 0 Å². The molecule has 2 atom stereocenters. The van der Waals surface area contributed by atoms with Gasteiger partial charge in [0, 0.05) is 12.6 Å².